The summed E-state index contributed by atoms with van der Waals surface area (Å²) in [6, 6.07) is 1.93. The lowest BCUT2D eigenvalue weighted by atomic mass is 9.44. The van der Waals surface area contributed by atoms with Crippen LogP contribution in [0.25, 0.3) is 0 Å². The number of aliphatic hydroxyl groups is 3. The van der Waals surface area contributed by atoms with Gasteiger partial charge in [-0.15, -0.1) is 0 Å². The van der Waals surface area contributed by atoms with E-state index < -0.39 is 51.0 Å². The van der Waals surface area contributed by atoms with Gasteiger partial charge < -0.3 is 20.4 Å². The SMILES string of the molecule is CCc1cc(C(C)C)c2c(c1O)C(=O)C1=C(O)[C@@]3(O)C(=O)C(C(C)=O)=C(O)C(C(C)C)[C@@]3(C)C[C@@]1(C)C2. The van der Waals surface area contributed by atoms with Crippen LogP contribution in [0.5, 0.6) is 5.75 Å². The number of phenolic OH excluding ortho intramolecular Hbond substituents is 1. The molecule has 0 heterocycles. The van der Waals surface area contributed by atoms with Crippen molar-refractivity contribution in [2.75, 3.05) is 0 Å². The van der Waals surface area contributed by atoms with Crippen LogP contribution >= 0.6 is 0 Å². The van der Waals surface area contributed by atoms with Gasteiger partial charge in [-0.2, -0.15) is 0 Å². The summed E-state index contributed by atoms with van der Waals surface area (Å²) in [5.74, 6) is -4.81. The molecule has 1 aromatic rings. The lowest BCUT2D eigenvalue weighted by Gasteiger charge is -2.59. The molecule has 0 spiro atoms. The van der Waals surface area contributed by atoms with Gasteiger partial charge in [-0.3, -0.25) is 14.4 Å². The Morgan fingerprint density at radius 3 is 2.19 bits per heavy atom. The van der Waals surface area contributed by atoms with E-state index in [4.69, 9.17) is 0 Å². The van der Waals surface area contributed by atoms with E-state index in [1.807, 2.05) is 47.6 Å². The fraction of sp³-hybridized carbons (Fsp3) is 0.567. The first-order valence-corrected chi connectivity index (χ1v) is 13.1. The van der Waals surface area contributed by atoms with Crippen molar-refractivity contribution in [2.45, 2.75) is 86.2 Å². The van der Waals surface area contributed by atoms with Crippen LogP contribution in [0.3, 0.4) is 0 Å². The third-order valence-electron chi connectivity index (χ3n) is 9.12. The van der Waals surface area contributed by atoms with Crippen molar-refractivity contribution in [3.8, 4) is 5.75 Å². The Labute approximate surface area is 217 Å². The predicted molar refractivity (Wildman–Crippen MR) is 139 cm³/mol. The molecule has 0 amide bonds. The van der Waals surface area contributed by atoms with Gasteiger partial charge in [0, 0.05) is 22.3 Å². The third-order valence-corrected chi connectivity index (χ3v) is 9.12. The highest BCUT2D eigenvalue weighted by Crippen LogP contribution is 2.65. The molecule has 3 aliphatic carbocycles. The first kappa shape index (κ1) is 27.1. The maximum atomic E-state index is 14.1. The minimum absolute atomic E-state index is 0.0658. The second-order valence-corrected chi connectivity index (χ2v) is 12.3. The number of fused-ring (bicyclic) bond motifs is 3. The fourth-order valence-corrected chi connectivity index (χ4v) is 7.67. The molecule has 1 unspecified atom stereocenters. The average molecular weight is 511 g/mol. The van der Waals surface area contributed by atoms with Gasteiger partial charge in [-0.1, -0.05) is 54.5 Å². The molecule has 0 aromatic heterocycles. The van der Waals surface area contributed by atoms with Crippen molar-refractivity contribution in [2.24, 2.45) is 22.7 Å². The molecule has 4 rings (SSSR count). The van der Waals surface area contributed by atoms with Crippen LogP contribution in [0.2, 0.25) is 0 Å². The number of benzene rings is 1. The van der Waals surface area contributed by atoms with Crippen molar-refractivity contribution in [1.29, 1.82) is 0 Å². The summed E-state index contributed by atoms with van der Waals surface area (Å²) in [6.45, 7) is 14.1. The Balaban J connectivity index is 2.10. The third kappa shape index (κ3) is 3.25. The van der Waals surface area contributed by atoms with Crippen molar-refractivity contribution < 1.29 is 34.8 Å². The predicted octanol–water partition coefficient (Wildman–Crippen LogP) is 5.03. The Hall–Kier alpha value is -2.93. The quantitative estimate of drug-likeness (QED) is 0.418. The molecular formula is C30H38O7. The second kappa shape index (κ2) is 8.29. The summed E-state index contributed by atoms with van der Waals surface area (Å²) in [4.78, 5) is 40.3. The number of Topliss-reactive ketones (excluding diaryl/α,β-unsaturated/α-hetero) is 3. The number of aromatic hydroxyl groups is 1. The van der Waals surface area contributed by atoms with Crippen LogP contribution in [0, 0.1) is 22.7 Å². The fourth-order valence-electron chi connectivity index (χ4n) is 7.67. The summed E-state index contributed by atoms with van der Waals surface area (Å²) in [6.07, 6.45) is 0.892. The highest BCUT2D eigenvalue weighted by molar-refractivity contribution is 6.25. The molecule has 37 heavy (non-hydrogen) atoms. The molecule has 0 bridgehead atoms. The zero-order valence-electron chi connectivity index (χ0n) is 22.9. The van der Waals surface area contributed by atoms with Gasteiger partial charge in [0.1, 0.15) is 22.8 Å². The molecule has 0 radical (unpaired) electrons. The van der Waals surface area contributed by atoms with Gasteiger partial charge in [0.15, 0.2) is 17.2 Å². The second-order valence-electron chi connectivity index (χ2n) is 12.3. The number of hydrogen-bond acceptors (Lipinski definition) is 7. The number of aryl methyl sites for hydroxylation is 1. The van der Waals surface area contributed by atoms with E-state index in [1.165, 1.54) is 0 Å². The van der Waals surface area contributed by atoms with Gasteiger partial charge in [0.2, 0.25) is 5.78 Å². The topological polar surface area (TPSA) is 132 Å². The van der Waals surface area contributed by atoms with Gasteiger partial charge >= 0.3 is 0 Å². The Morgan fingerprint density at radius 1 is 1.11 bits per heavy atom. The smallest absolute Gasteiger partial charge is 0.209 e. The maximum Gasteiger partial charge on any atom is 0.209 e. The molecular weight excluding hydrogens is 472 g/mol. The summed E-state index contributed by atoms with van der Waals surface area (Å²) in [7, 11) is 0. The Morgan fingerprint density at radius 2 is 1.70 bits per heavy atom. The van der Waals surface area contributed by atoms with Crippen molar-refractivity contribution in [3.63, 3.8) is 0 Å². The molecule has 1 aromatic carbocycles. The molecule has 0 saturated carbocycles. The summed E-state index contributed by atoms with van der Waals surface area (Å²) in [5.41, 5.74) is -3.31. The lowest BCUT2D eigenvalue weighted by Crippen LogP contribution is -2.67. The first-order chi connectivity index (χ1) is 17.0. The normalized spacial score (nSPS) is 31.6. The van der Waals surface area contributed by atoms with Gasteiger partial charge in [-0.05, 0) is 54.7 Å². The average Bonchev–Trinajstić information content (AvgIpc) is 2.75. The van der Waals surface area contributed by atoms with Crippen molar-refractivity contribution in [1.82, 2.24) is 0 Å². The lowest BCUT2D eigenvalue weighted by molar-refractivity contribution is -0.171. The molecule has 4 atom stereocenters. The minimum Gasteiger partial charge on any atom is -0.511 e. The number of carbonyl (C=O) groups is 3. The van der Waals surface area contributed by atoms with Crippen LogP contribution < -0.4 is 0 Å². The molecule has 0 fully saturated rings. The van der Waals surface area contributed by atoms with E-state index >= 15 is 0 Å². The highest BCUT2D eigenvalue weighted by Gasteiger charge is 2.71. The summed E-state index contributed by atoms with van der Waals surface area (Å²) < 4.78 is 0. The molecule has 200 valence electrons. The van der Waals surface area contributed by atoms with E-state index in [0.29, 0.717) is 24.0 Å². The van der Waals surface area contributed by atoms with Crippen molar-refractivity contribution >= 4 is 17.3 Å². The van der Waals surface area contributed by atoms with Crippen LogP contribution in [0.15, 0.2) is 28.7 Å². The van der Waals surface area contributed by atoms with Crippen LogP contribution in [0.1, 0.15) is 94.8 Å². The number of allylic oxidation sites excluding steroid dienone is 2. The zero-order valence-corrected chi connectivity index (χ0v) is 22.9. The number of hydrogen-bond donors (Lipinski definition) is 4. The number of aliphatic hydroxyl groups excluding tert-OH is 2. The molecule has 0 aliphatic heterocycles. The van der Waals surface area contributed by atoms with Gasteiger partial charge in [0.05, 0.1) is 5.56 Å². The first-order valence-electron chi connectivity index (χ1n) is 13.1. The largest absolute Gasteiger partial charge is 0.511 e. The Kier molecular flexibility index (Phi) is 6.07. The zero-order chi connectivity index (χ0) is 28.0. The van der Waals surface area contributed by atoms with Gasteiger partial charge in [0.25, 0.3) is 0 Å². The molecule has 7 nitrogen and oxygen atoms in total. The van der Waals surface area contributed by atoms with E-state index in [9.17, 15) is 34.8 Å². The van der Waals surface area contributed by atoms with E-state index in [0.717, 1.165) is 12.5 Å². The maximum absolute atomic E-state index is 14.1. The number of carbonyl (C=O) groups excluding carboxylic acids is 3. The summed E-state index contributed by atoms with van der Waals surface area (Å²) >= 11 is 0. The van der Waals surface area contributed by atoms with E-state index in [-0.39, 0.29) is 40.9 Å². The van der Waals surface area contributed by atoms with Crippen LogP contribution in [0.4, 0.5) is 0 Å². The van der Waals surface area contributed by atoms with Crippen molar-refractivity contribution in [3.05, 3.63) is 51.0 Å². The Bertz CT molecular complexity index is 1310. The molecule has 0 saturated heterocycles. The molecule has 4 N–H and O–H groups in total. The van der Waals surface area contributed by atoms with E-state index in [2.05, 4.69) is 0 Å². The molecule has 7 heteroatoms. The highest BCUT2D eigenvalue weighted by atomic mass is 16.3. The molecule has 3 aliphatic rings. The monoisotopic (exact) mass is 510 g/mol. The van der Waals surface area contributed by atoms with Crippen LogP contribution in [-0.2, 0) is 22.4 Å². The standard InChI is InChI=1S/C30H38O7/c1-9-16-10-17(13(2)3)18-11-28(7)12-29(8)21(14(4)5)24(33)19(15(6)31)26(35)30(29,37)27(36)22(28)25(34)20(18)23(16)32/h10,13-14,21,32-33,36-37H,9,11-12H2,1-8H3/t21?,28-,29-,30+/m1/s1. The minimum atomic E-state index is -2.59. The summed E-state index contributed by atoms with van der Waals surface area (Å²) in [5, 5.41) is 46.1. The van der Waals surface area contributed by atoms with Crippen LogP contribution in [-0.4, -0.2) is 43.4 Å². The van der Waals surface area contributed by atoms with Gasteiger partial charge in [-0.25, -0.2) is 0 Å². The van der Waals surface area contributed by atoms with E-state index in [1.54, 1.807) is 6.92 Å². The number of phenols is 1. The number of ketones is 3. The number of rotatable bonds is 4.